The van der Waals surface area contributed by atoms with Gasteiger partial charge in [0.05, 0.1) is 19.3 Å². The standard InChI is InChI=1S/C22H33F3N4O4/c1-3-17(6-11-32-13-10-30)4-7-28-18(22(23,24)25)5-8-29-20(31)14-19(26-21(28)29)27-9-12-33-15-16(27)2/h10,14,16-18H,3-9,11-13,15H2,1-2H3/t16-,17?,18+/m1/s1. The van der Waals surface area contributed by atoms with E-state index in [-0.39, 0.29) is 49.6 Å². The van der Waals surface area contributed by atoms with Crippen LogP contribution in [0.2, 0.25) is 0 Å². The number of fused-ring (bicyclic) bond motifs is 1. The van der Waals surface area contributed by atoms with Crippen molar-refractivity contribution in [1.29, 1.82) is 0 Å². The zero-order valence-electron chi connectivity index (χ0n) is 19.2. The van der Waals surface area contributed by atoms with Gasteiger partial charge in [-0.15, -0.1) is 0 Å². The van der Waals surface area contributed by atoms with Gasteiger partial charge < -0.3 is 24.1 Å². The Balaban J connectivity index is 1.86. The Morgan fingerprint density at radius 3 is 2.79 bits per heavy atom. The second-order valence-electron chi connectivity index (χ2n) is 8.65. The molecule has 0 aromatic carbocycles. The Morgan fingerprint density at radius 2 is 2.12 bits per heavy atom. The SMILES string of the molecule is CCC(CCOCC=O)CCN1c2nc(N3CCOC[C@H]3C)cc(=O)n2CC[C@H]1C(F)(F)F. The normalized spacial score (nSPS) is 22.2. The van der Waals surface area contributed by atoms with Crippen LogP contribution in [-0.2, 0) is 20.8 Å². The number of nitrogens with zero attached hydrogens (tertiary/aromatic N) is 4. The summed E-state index contributed by atoms with van der Waals surface area (Å²) in [5, 5.41) is 0. The van der Waals surface area contributed by atoms with Crippen molar-refractivity contribution in [2.75, 3.05) is 49.3 Å². The summed E-state index contributed by atoms with van der Waals surface area (Å²) >= 11 is 0. The lowest BCUT2D eigenvalue weighted by atomic mass is 9.97. The molecule has 1 aromatic heterocycles. The largest absolute Gasteiger partial charge is 0.408 e. The molecule has 0 saturated carbocycles. The predicted molar refractivity (Wildman–Crippen MR) is 118 cm³/mol. The molecule has 0 spiro atoms. The van der Waals surface area contributed by atoms with Gasteiger partial charge in [-0.1, -0.05) is 13.3 Å². The van der Waals surface area contributed by atoms with E-state index in [9.17, 15) is 22.8 Å². The summed E-state index contributed by atoms with van der Waals surface area (Å²) in [6.45, 7) is 5.90. The van der Waals surface area contributed by atoms with E-state index in [0.717, 1.165) is 6.42 Å². The number of hydrogen-bond donors (Lipinski definition) is 0. The van der Waals surface area contributed by atoms with Gasteiger partial charge in [-0.3, -0.25) is 9.36 Å². The highest BCUT2D eigenvalue weighted by atomic mass is 19.4. The third-order valence-electron chi connectivity index (χ3n) is 6.49. The molecule has 0 aliphatic carbocycles. The number of ether oxygens (including phenoxy) is 2. The van der Waals surface area contributed by atoms with E-state index in [1.807, 2.05) is 18.7 Å². The molecule has 0 radical (unpaired) electrons. The Labute approximate surface area is 191 Å². The highest BCUT2D eigenvalue weighted by molar-refractivity contribution is 5.50. The van der Waals surface area contributed by atoms with Crippen LogP contribution in [0.5, 0.6) is 0 Å². The van der Waals surface area contributed by atoms with Crippen molar-refractivity contribution < 1.29 is 27.4 Å². The van der Waals surface area contributed by atoms with Crippen molar-refractivity contribution in [2.24, 2.45) is 5.92 Å². The van der Waals surface area contributed by atoms with Crippen LogP contribution in [-0.4, -0.2) is 73.6 Å². The second-order valence-corrected chi connectivity index (χ2v) is 8.65. The van der Waals surface area contributed by atoms with Gasteiger partial charge in [-0.05, 0) is 32.1 Å². The van der Waals surface area contributed by atoms with E-state index in [4.69, 9.17) is 9.47 Å². The molecule has 1 aromatic rings. The fourth-order valence-electron chi connectivity index (χ4n) is 4.52. The molecule has 0 bridgehead atoms. The van der Waals surface area contributed by atoms with E-state index in [1.165, 1.54) is 15.5 Å². The van der Waals surface area contributed by atoms with E-state index in [1.54, 1.807) is 0 Å². The molecule has 1 unspecified atom stereocenters. The molecule has 3 rings (SSSR count). The van der Waals surface area contributed by atoms with Crippen molar-refractivity contribution in [2.45, 2.75) is 64.3 Å². The van der Waals surface area contributed by atoms with Gasteiger partial charge in [-0.2, -0.15) is 18.2 Å². The minimum absolute atomic E-state index is 0.0155. The van der Waals surface area contributed by atoms with Crippen molar-refractivity contribution >= 4 is 18.1 Å². The van der Waals surface area contributed by atoms with Crippen LogP contribution in [0, 0.1) is 5.92 Å². The molecule has 1 fully saturated rings. The number of rotatable bonds is 10. The van der Waals surface area contributed by atoms with Crippen LogP contribution in [0.1, 0.15) is 39.5 Å². The van der Waals surface area contributed by atoms with Gasteiger partial charge in [0.25, 0.3) is 5.56 Å². The third kappa shape index (κ3) is 6.26. The average Bonchev–Trinajstić information content (AvgIpc) is 2.78. The number of aldehydes is 1. The summed E-state index contributed by atoms with van der Waals surface area (Å²) in [6, 6.07) is -0.304. The molecule has 11 heteroatoms. The monoisotopic (exact) mass is 474 g/mol. The third-order valence-corrected chi connectivity index (χ3v) is 6.49. The van der Waals surface area contributed by atoms with Crippen molar-refractivity contribution in [1.82, 2.24) is 9.55 Å². The molecule has 1 saturated heterocycles. The molecule has 3 atom stereocenters. The quantitative estimate of drug-likeness (QED) is 0.381. The van der Waals surface area contributed by atoms with Crippen LogP contribution >= 0.6 is 0 Å². The maximum Gasteiger partial charge on any atom is 0.408 e. The molecule has 8 nitrogen and oxygen atoms in total. The molecule has 186 valence electrons. The van der Waals surface area contributed by atoms with Gasteiger partial charge in [0, 0.05) is 32.3 Å². The molecule has 3 heterocycles. The molecule has 2 aliphatic rings. The maximum absolute atomic E-state index is 14.0. The van der Waals surface area contributed by atoms with Crippen LogP contribution in [0.3, 0.4) is 0 Å². The number of alkyl halides is 3. The maximum atomic E-state index is 14.0. The first-order chi connectivity index (χ1) is 15.8. The molecule has 0 N–H and O–H groups in total. The zero-order valence-corrected chi connectivity index (χ0v) is 19.2. The average molecular weight is 475 g/mol. The number of aromatic nitrogens is 2. The van der Waals surface area contributed by atoms with Gasteiger partial charge in [-0.25, -0.2) is 0 Å². The second kappa shape index (κ2) is 11.3. The minimum Gasteiger partial charge on any atom is -0.377 e. The summed E-state index contributed by atoms with van der Waals surface area (Å²) in [6.07, 6.45) is -2.01. The zero-order chi connectivity index (χ0) is 24.0. The number of carbonyl (C=O) groups is 1. The lowest BCUT2D eigenvalue weighted by Gasteiger charge is -2.41. The highest BCUT2D eigenvalue weighted by Gasteiger charge is 2.47. The first-order valence-corrected chi connectivity index (χ1v) is 11.6. The van der Waals surface area contributed by atoms with Crippen molar-refractivity contribution in [3.05, 3.63) is 16.4 Å². The lowest BCUT2D eigenvalue weighted by molar-refractivity contribution is -0.152. The summed E-state index contributed by atoms with van der Waals surface area (Å²) in [4.78, 5) is 31.0. The van der Waals surface area contributed by atoms with Gasteiger partial charge >= 0.3 is 6.18 Å². The molecular weight excluding hydrogens is 441 g/mol. The molecule has 33 heavy (non-hydrogen) atoms. The Bertz CT molecular complexity index is 848. The fourth-order valence-corrected chi connectivity index (χ4v) is 4.52. The van der Waals surface area contributed by atoms with Crippen LogP contribution < -0.4 is 15.4 Å². The van der Waals surface area contributed by atoms with Gasteiger partial charge in [0.15, 0.2) is 0 Å². The minimum atomic E-state index is -4.43. The summed E-state index contributed by atoms with van der Waals surface area (Å²) < 4.78 is 53.9. The van der Waals surface area contributed by atoms with Crippen molar-refractivity contribution in [3.8, 4) is 0 Å². The first kappa shape index (κ1) is 25.5. The number of carbonyl (C=O) groups excluding carboxylic acids is 1. The number of halogens is 3. The van der Waals surface area contributed by atoms with E-state index >= 15 is 0 Å². The van der Waals surface area contributed by atoms with Gasteiger partial charge in [0.1, 0.15) is 24.8 Å². The highest BCUT2D eigenvalue weighted by Crippen LogP contribution is 2.35. The number of morpholine rings is 1. The molecule has 0 amide bonds. The van der Waals surface area contributed by atoms with Gasteiger partial charge in [0.2, 0.25) is 5.95 Å². The summed E-state index contributed by atoms with van der Waals surface area (Å²) in [7, 11) is 0. The number of hydrogen-bond acceptors (Lipinski definition) is 7. The topological polar surface area (TPSA) is 76.9 Å². The Morgan fingerprint density at radius 1 is 1.33 bits per heavy atom. The molecule has 2 aliphatic heterocycles. The first-order valence-electron chi connectivity index (χ1n) is 11.6. The predicted octanol–water partition coefficient (Wildman–Crippen LogP) is 2.63. The summed E-state index contributed by atoms with van der Waals surface area (Å²) in [5.41, 5.74) is -0.339. The lowest BCUT2D eigenvalue weighted by Crippen LogP contribution is -2.53. The van der Waals surface area contributed by atoms with Crippen molar-refractivity contribution in [3.63, 3.8) is 0 Å². The Kier molecular flexibility index (Phi) is 8.75. The van der Waals surface area contributed by atoms with E-state index in [2.05, 4.69) is 4.98 Å². The van der Waals surface area contributed by atoms with E-state index < -0.39 is 12.2 Å². The van der Waals surface area contributed by atoms with Crippen LogP contribution in [0.25, 0.3) is 0 Å². The van der Waals surface area contributed by atoms with Crippen LogP contribution in [0.4, 0.5) is 24.9 Å². The Hall–Kier alpha value is -2.14. The smallest absolute Gasteiger partial charge is 0.377 e. The summed E-state index contributed by atoms with van der Waals surface area (Å²) in [5.74, 6) is 0.607. The fraction of sp³-hybridized carbons (Fsp3) is 0.773. The van der Waals surface area contributed by atoms with Crippen LogP contribution in [0.15, 0.2) is 10.9 Å². The number of anilines is 2. The van der Waals surface area contributed by atoms with E-state index in [0.29, 0.717) is 51.3 Å². The molecular formula is C22H33F3N4O4.